The summed E-state index contributed by atoms with van der Waals surface area (Å²) in [5.74, 6) is -2.07. The van der Waals surface area contributed by atoms with Crippen LogP contribution in [0, 0.1) is 6.92 Å². The lowest BCUT2D eigenvalue weighted by atomic mass is 10.0. The molecule has 7 nitrogen and oxygen atoms in total. The first kappa shape index (κ1) is 30.1. The second kappa shape index (κ2) is 12.3. The fourth-order valence-electron chi connectivity index (χ4n) is 4.38. The van der Waals surface area contributed by atoms with E-state index in [1.54, 1.807) is 62.4 Å². The van der Waals surface area contributed by atoms with Crippen LogP contribution in [-0.2, 0) is 12.6 Å². The molecule has 0 saturated carbocycles. The van der Waals surface area contributed by atoms with E-state index < -0.39 is 35.5 Å². The second-order valence-corrected chi connectivity index (χ2v) is 9.94. The van der Waals surface area contributed by atoms with Crippen molar-refractivity contribution in [2.24, 2.45) is 0 Å². The number of carboxylic acid groups (broad SMARTS) is 1. The molecule has 42 heavy (non-hydrogen) atoms. The van der Waals surface area contributed by atoms with Gasteiger partial charge in [-0.2, -0.15) is 13.2 Å². The van der Waals surface area contributed by atoms with Crippen LogP contribution in [0.25, 0.3) is 0 Å². The summed E-state index contributed by atoms with van der Waals surface area (Å²) < 4.78 is 52.7. The number of methoxy groups -OCH3 is 1. The third kappa shape index (κ3) is 6.88. The number of anilines is 1. The zero-order chi connectivity index (χ0) is 30.6. The Morgan fingerprint density at radius 1 is 0.929 bits per heavy atom. The summed E-state index contributed by atoms with van der Waals surface area (Å²) in [5.41, 5.74) is 1.05. The van der Waals surface area contributed by atoms with Crippen molar-refractivity contribution in [2.45, 2.75) is 39.4 Å². The highest BCUT2D eigenvalue weighted by Crippen LogP contribution is 2.39. The quantitative estimate of drug-likeness (QED) is 0.221. The number of carbonyl (C=O) groups is 2. The van der Waals surface area contributed by atoms with Crippen LogP contribution in [0.2, 0.25) is 0 Å². The summed E-state index contributed by atoms with van der Waals surface area (Å²) in [6.45, 7) is 5.34. The summed E-state index contributed by atoms with van der Waals surface area (Å²) in [6.07, 6.45) is -3.32. The molecule has 1 N–H and O–H groups in total. The molecule has 4 aromatic rings. The molecule has 0 spiro atoms. The molecule has 3 aromatic carbocycles. The zero-order valence-electron chi connectivity index (χ0n) is 23.4. The van der Waals surface area contributed by atoms with Gasteiger partial charge in [0.15, 0.2) is 0 Å². The van der Waals surface area contributed by atoms with Crippen LogP contribution in [0.5, 0.6) is 17.4 Å². The average molecular weight is 579 g/mol. The van der Waals surface area contributed by atoms with Crippen LogP contribution in [0.3, 0.4) is 0 Å². The van der Waals surface area contributed by atoms with Crippen molar-refractivity contribution in [3.8, 4) is 17.4 Å². The molecule has 0 aliphatic heterocycles. The van der Waals surface area contributed by atoms with E-state index in [0.717, 1.165) is 23.3 Å². The lowest BCUT2D eigenvalue weighted by Gasteiger charge is -2.28. The first-order valence-corrected chi connectivity index (χ1v) is 13.0. The van der Waals surface area contributed by atoms with E-state index >= 15 is 0 Å². The van der Waals surface area contributed by atoms with Crippen molar-refractivity contribution in [1.82, 2.24) is 4.98 Å². The number of aryl methyl sites for hydroxylation is 1. The molecular formula is C32H29F3N2O5. The van der Waals surface area contributed by atoms with Gasteiger partial charge in [0, 0.05) is 17.8 Å². The van der Waals surface area contributed by atoms with Crippen LogP contribution >= 0.6 is 0 Å². The van der Waals surface area contributed by atoms with Crippen molar-refractivity contribution < 1.29 is 37.3 Å². The third-order valence-corrected chi connectivity index (χ3v) is 6.49. The molecule has 0 saturated heterocycles. The monoisotopic (exact) mass is 578 g/mol. The van der Waals surface area contributed by atoms with Crippen molar-refractivity contribution >= 4 is 17.6 Å². The van der Waals surface area contributed by atoms with Crippen LogP contribution in [0.4, 0.5) is 18.9 Å². The summed E-state index contributed by atoms with van der Waals surface area (Å²) in [7, 11) is 1.52. The van der Waals surface area contributed by atoms with Crippen LogP contribution in [-0.4, -0.2) is 35.1 Å². The Bertz CT molecular complexity index is 1580. The van der Waals surface area contributed by atoms with E-state index in [1.165, 1.54) is 30.3 Å². The van der Waals surface area contributed by atoms with E-state index in [9.17, 15) is 27.9 Å². The fourth-order valence-corrected chi connectivity index (χ4v) is 4.38. The molecule has 0 aliphatic carbocycles. The van der Waals surface area contributed by atoms with Crippen molar-refractivity contribution in [1.29, 1.82) is 0 Å². The van der Waals surface area contributed by atoms with Crippen LogP contribution < -0.4 is 14.4 Å². The topological polar surface area (TPSA) is 89.0 Å². The van der Waals surface area contributed by atoms with Gasteiger partial charge in [-0.25, -0.2) is 9.78 Å². The highest BCUT2D eigenvalue weighted by atomic mass is 19.4. The SMILES string of the molecule is COc1ccc(Cc2cnc(Oc3ccc(N(C(=O)c4ccc(C)cc4)C(C)C)c(C(=O)O)c3)c(C(F)(F)F)c2)cc1. The lowest BCUT2D eigenvalue weighted by Crippen LogP contribution is -2.38. The number of nitrogens with zero attached hydrogens (tertiary/aromatic N) is 2. The highest BCUT2D eigenvalue weighted by molar-refractivity contribution is 6.09. The van der Waals surface area contributed by atoms with Gasteiger partial charge in [0.2, 0.25) is 5.88 Å². The van der Waals surface area contributed by atoms with Crippen LogP contribution in [0.15, 0.2) is 79.0 Å². The summed E-state index contributed by atoms with van der Waals surface area (Å²) in [5, 5.41) is 9.97. The molecule has 0 radical (unpaired) electrons. The summed E-state index contributed by atoms with van der Waals surface area (Å²) in [6, 6.07) is 18.0. The second-order valence-electron chi connectivity index (χ2n) is 9.94. The largest absolute Gasteiger partial charge is 0.497 e. The molecule has 4 rings (SSSR count). The maximum atomic E-state index is 14.0. The predicted molar refractivity (Wildman–Crippen MR) is 152 cm³/mol. The summed E-state index contributed by atoms with van der Waals surface area (Å²) >= 11 is 0. The van der Waals surface area contributed by atoms with Gasteiger partial charge in [-0.05, 0) is 86.8 Å². The molecule has 1 heterocycles. The van der Waals surface area contributed by atoms with Crippen molar-refractivity contribution in [3.63, 3.8) is 0 Å². The first-order chi connectivity index (χ1) is 19.9. The number of carboxylic acids is 1. The molecule has 218 valence electrons. The number of amides is 1. The van der Waals surface area contributed by atoms with Gasteiger partial charge in [-0.15, -0.1) is 0 Å². The minimum absolute atomic E-state index is 0.0780. The molecule has 0 bridgehead atoms. The molecule has 1 amide bonds. The van der Waals surface area contributed by atoms with Crippen LogP contribution in [0.1, 0.15) is 56.8 Å². The van der Waals surface area contributed by atoms with Gasteiger partial charge < -0.3 is 19.5 Å². The van der Waals surface area contributed by atoms with E-state index in [1.807, 2.05) is 6.92 Å². The number of hydrogen-bond donors (Lipinski definition) is 1. The zero-order valence-corrected chi connectivity index (χ0v) is 23.4. The number of pyridine rings is 1. The number of hydrogen-bond acceptors (Lipinski definition) is 5. The lowest BCUT2D eigenvalue weighted by molar-refractivity contribution is -0.138. The number of aromatic carboxylic acids is 1. The Balaban J connectivity index is 1.67. The predicted octanol–water partition coefficient (Wildman–Crippen LogP) is 7.55. The molecule has 1 aromatic heterocycles. The molecular weight excluding hydrogens is 549 g/mol. The Hall–Kier alpha value is -4.86. The minimum Gasteiger partial charge on any atom is -0.497 e. The minimum atomic E-state index is -4.79. The number of halogens is 3. The van der Waals surface area contributed by atoms with E-state index in [4.69, 9.17) is 9.47 Å². The Labute approximate surface area is 241 Å². The van der Waals surface area contributed by atoms with E-state index in [-0.39, 0.29) is 23.4 Å². The maximum absolute atomic E-state index is 14.0. The normalized spacial score (nSPS) is 11.3. The fraction of sp³-hybridized carbons (Fsp3) is 0.219. The van der Waals surface area contributed by atoms with Gasteiger partial charge >= 0.3 is 12.1 Å². The number of ether oxygens (including phenoxy) is 2. The maximum Gasteiger partial charge on any atom is 0.421 e. The Morgan fingerprint density at radius 3 is 2.14 bits per heavy atom. The van der Waals surface area contributed by atoms with Gasteiger partial charge in [0.1, 0.15) is 17.1 Å². The van der Waals surface area contributed by atoms with Gasteiger partial charge in [0.25, 0.3) is 5.91 Å². The van der Waals surface area contributed by atoms with E-state index in [0.29, 0.717) is 16.9 Å². The first-order valence-electron chi connectivity index (χ1n) is 13.0. The molecule has 10 heteroatoms. The molecule has 0 atom stereocenters. The molecule has 0 unspecified atom stereocenters. The van der Waals surface area contributed by atoms with Crippen molar-refractivity contribution in [2.75, 3.05) is 12.0 Å². The number of carbonyl (C=O) groups excluding carboxylic acids is 1. The smallest absolute Gasteiger partial charge is 0.421 e. The number of aromatic nitrogens is 1. The number of alkyl halides is 3. The Morgan fingerprint density at radius 2 is 1.57 bits per heavy atom. The van der Waals surface area contributed by atoms with Gasteiger partial charge in [-0.1, -0.05) is 29.8 Å². The summed E-state index contributed by atoms with van der Waals surface area (Å²) in [4.78, 5) is 30.9. The molecule has 0 aliphatic rings. The standard InChI is InChI=1S/C32H29F3N2O5/c1-19(2)37(30(38)23-9-5-20(3)6-10-23)28-14-13-25(17-26(28)31(39)40)42-29-27(32(33,34)35)16-22(18-36-29)15-21-7-11-24(41-4)12-8-21/h5-14,16-19H,15H2,1-4H3,(H,39,40). The Kier molecular flexibility index (Phi) is 8.84. The third-order valence-electron chi connectivity index (χ3n) is 6.49. The van der Waals surface area contributed by atoms with E-state index in [2.05, 4.69) is 4.98 Å². The van der Waals surface area contributed by atoms with Crippen molar-refractivity contribution in [3.05, 3.63) is 112 Å². The van der Waals surface area contributed by atoms with Gasteiger partial charge in [0.05, 0.1) is 18.4 Å². The number of benzene rings is 3. The van der Waals surface area contributed by atoms with Gasteiger partial charge in [-0.3, -0.25) is 4.79 Å². The average Bonchev–Trinajstić information content (AvgIpc) is 2.94. The molecule has 0 fully saturated rings. The number of rotatable bonds is 9. The highest BCUT2D eigenvalue weighted by Gasteiger charge is 2.36.